The monoisotopic (exact) mass is 569 g/mol. The lowest BCUT2D eigenvalue weighted by atomic mass is 10.2. The normalized spacial score (nSPS) is 14.8. The Hall–Kier alpha value is -2.05. The molecule has 11 heteroatoms. The minimum Gasteiger partial charge on any atom is -0.490 e. The van der Waals surface area contributed by atoms with Crippen LogP contribution in [0.2, 0.25) is 0 Å². The van der Waals surface area contributed by atoms with Crippen molar-refractivity contribution in [3.8, 4) is 5.75 Å². The van der Waals surface area contributed by atoms with E-state index in [2.05, 4.69) is 26.6 Å². The fourth-order valence-electron chi connectivity index (χ4n) is 3.47. The maximum atomic E-state index is 12.9. The summed E-state index contributed by atoms with van der Waals surface area (Å²) in [6.07, 6.45) is 3.88. The van der Waals surface area contributed by atoms with E-state index in [1.165, 1.54) is 0 Å². The summed E-state index contributed by atoms with van der Waals surface area (Å²) >= 11 is 8.64. The van der Waals surface area contributed by atoms with Gasteiger partial charge in [-0.05, 0) is 83.5 Å². The Morgan fingerprint density at radius 2 is 1.74 bits per heavy atom. The van der Waals surface area contributed by atoms with Crippen LogP contribution in [0, 0.1) is 0 Å². The second-order valence-corrected chi connectivity index (χ2v) is 10.9. The van der Waals surface area contributed by atoms with Crippen molar-refractivity contribution < 1.29 is 22.7 Å². The first-order valence-corrected chi connectivity index (χ1v) is 13.6. The minimum atomic E-state index is -3.52. The molecule has 2 aromatic rings. The van der Waals surface area contributed by atoms with Gasteiger partial charge in [0.05, 0.1) is 16.0 Å². The van der Waals surface area contributed by atoms with E-state index in [4.69, 9.17) is 21.7 Å². The Kier molecular flexibility index (Phi) is 9.84. The van der Waals surface area contributed by atoms with Gasteiger partial charge in [-0.2, -0.15) is 4.31 Å². The molecule has 3 rings (SSSR count). The third kappa shape index (κ3) is 7.22. The third-order valence-electron chi connectivity index (χ3n) is 5.28. The highest BCUT2D eigenvalue weighted by Crippen LogP contribution is 2.26. The van der Waals surface area contributed by atoms with Gasteiger partial charge in [-0.25, -0.2) is 8.42 Å². The zero-order valence-electron chi connectivity index (χ0n) is 18.9. The van der Waals surface area contributed by atoms with Crippen molar-refractivity contribution in [3.05, 3.63) is 52.5 Å². The zero-order valence-corrected chi connectivity index (χ0v) is 22.1. The Labute approximate surface area is 214 Å². The molecular weight excluding hydrogens is 542 g/mol. The number of benzene rings is 2. The van der Waals surface area contributed by atoms with Gasteiger partial charge < -0.3 is 14.8 Å². The Balaban J connectivity index is 1.57. The van der Waals surface area contributed by atoms with Crippen LogP contribution >= 0.6 is 28.1 Å². The van der Waals surface area contributed by atoms with Crippen molar-refractivity contribution in [2.75, 3.05) is 38.7 Å². The Morgan fingerprint density at radius 1 is 1.06 bits per heavy atom. The number of rotatable bonds is 8. The topological polar surface area (TPSA) is 97.0 Å². The number of thiocarbonyl (C=S) groups is 1. The molecule has 0 spiro atoms. The average molecular weight is 571 g/mol. The van der Waals surface area contributed by atoms with Crippen LogP contribution in [-0.2, 0) is 14.8 Å². The Bertz CT molecular complexity index is 1100. The zero-order chi connectivity index (χ0) is 24.6. The van der Waals surface area contributed by atoms with Gasteiger partial charge in [-0.3, -0.25) is 10.1 Å². The van der Waals surface area contributed by atoms with Gasteiger partial charge in [0, 0.05) is 31.5 Å². The smallest absolute Gasteiger partial charge is 0.257 e. The molecule has 0 saturated carbocycles. The fourth-order valence-corrected chi connectivity index (χ4v) is 5.69. The first-order valence-electron chi connectivity index (χ1n) is 10.9. The van der Waals surface area contributed by atoms with Crippen molar-refractivity contribution in [3.63, 3.8) is 0 Å². The second kappa shape index (κ2) is 12.6. The molecule has 8 nitrogen and oxygen atoms in total. The van der Waals surface area contributed by atoms with Gasteiger partial charge in [-0.1, -0.05) is 12.8 Å². The maximum Gasteiger partial charge on any atom is 0.257 e. The molecular formula is C23H28BrN3O5S2. The van der Waals surface area contributed by atoms with E-state index in [0.29, 0.717) is 47.8 Å². The summed E-state index contributed by atoms with van der Waals surface area (Å²) in [5, 5.41) is 5.63. The lowest BCUT2D eigenvalue weighted by molar-refractivity contribution is 0.0977. The number of methoxy groups -OCH3 is 1. The van der Waals surface area contributed by atoms with Gasteiger partial charge in [0.2, 0.25) is 10.0 Å². The molecule has 0 radical (unpaired) electrons. The minimum absolute atomic E-state index is 0.102. The SMILES string of the molecule is COCCOc1ccc(C(=O)NC(=S)Nc2ccc(S(=O)(=O)N3CCCCCC3)cc2)cc1Br. The first-order chi connectivity index (χ1) is 16.3. The number of hydrogen-bond acceptors (Lipinski definition) is 6. The van der Waals surface area contributed by atoms with Gasteiger partial charge in [0.15, 0.2) is 5.11 Å². The largest absolute Gasteiger partial charge is 0.490 e. The molecule has 184 valence electrons. The molecule has 1 fully saturated rings. The number of nitrogens with one attached hydrogen (secondary N) is 2. The van der Waals surface area contributed by atoms with Gasteiger partial charge >= 0.3 is 0 Å². The summed E-state index contributed by atoms with van der Waals surface area (Å²) in [4.78, 5) is 12.8. The third-order valence-corrected chi connectivity index (χ3v) is 8.02. The van der Waals surface area contributed by atoms with E-state index in [0.717, 1.165) is 25.7 Å². The van der Waals surface area contributed by atoms with E-state index in [1.54, 1.807) is 53.9 Å². The van der Waals surface area contributed by atoms with E-state index in [9.17, 15) is 13.2 Å². The van der Waals surface area contributed by atoms with Crippen LogP contribution < -0.4 is 15.4 Å². The molecule has 0 aliphatic carbocycles. The molecule has 1 aliphatic rings. The number of amides is 1. The van der Waals surface area contributed by atoms with Crippen molar-refractivity contribution in [1.82, 2.24) is 9.62 Å². The number of anilines is 1. The molecule has 0 atom stereocenters. The first kappa shape index (κ1) is 26.6. The summed E-state index contributed by atoms with van der Waals surface area (Å²) in [5.41, 5.74) is 0.970. The number of hydrogen-bond donors (Lipinski definition) is 2. The summed E-state index contributed by atoms with van der Waals surface area (Å²) in [7, 11) is -1.93. The van der Waals surface area contributed by atoms with Crippen LogP contribution in [0.25, 0.3) is 0 Å². The summed E-state index contributed by atoms with van der Waals surface area (Å²) in [6.45, 7) is 1.95. The molecule has 1 aliphatic heterocycles. The van der Waals surface area contributed by atoms with Crippen LogP contribution in [0.3, 0.4) is 0 Å². The van der Waals surface area contributed by atoms with Crippen molar-refractivity contribution >= 4 is 54.9 Å². The van der Waals surface area contributed by atoms with Crippen molar-refractivity contribution in [1.29, 1.82) is 0 Å². The highest BCUT2D eigenvalue weighted by molar-refractivity contribution is 9.10. The van der Waals surface area contributed by atoms with Crippen molar-refractivity contribution in [2.24, 2.45) is 0 Å². The molecule has 2 N–H and O–H groups in total. The van der Waals surface area contributed by atoms with Crippen LogP contribution in [0.15, 0.2) is 51.8 Å². The molecule has 0 bridgehead atoms. The van der Waals surface area contributed by atoms with Gasteiger partial charge in [-0.15, -0.1) is 0 Å². The predicted octanol–water partition coefficient (Wildman–Crippen LogP) is 4.17. The van der Waals surface area contributed by atoms with Gasteiger partial charge in [0.1, 0.15) is 12.4 Å². The Morgan fingerprint density at radius 3 is 2.35 bits per heavy atom. The molecule has 0 aromatic heterocycles. The highest BCUT2D eigenvalue weighted by Gasteiger charge is 2.25. The van der Waals surface area contributed by atoms with E-state index in [1.807, 2.05) is 0 Å². The molecule has 0 unspecified atom stereocenters. The standard InChI is InChI=1S/C23H28BrN3O5S2/c1-31-14-15-32-21-11-6-17(16-20(21)24)22(28)26-23(33)25-18-7-9-19(10-8-18)34(29,30)27-12-4-2-3-5-13-27/h6-11,16H,2-5,12-15H2,1H3,(H2,25,26,28,33). The second-order valence-electron chi connectivity index (χ2n) is 7.74. The van der Waals surface area contributed by atoms with E-state index < -0.39 is 10.0 Å². The molecule has 1 heterocycles. The van der Waals surface area contributed by atoms with Crippen molar-refractivity contribution in [2.45, 2.75) is 30.6 Å². The molecule has 1 saturated heterocycles. The predicted molar refractivity (Wildman–Crippen MR) is 139 cm³/mol. The fraction of sp³-hybridized carbons (Fsp3) is 0.391. The van der Waals surface area contributed by atoms with Gasteiger partial charge in [0.25, 0.3) is 5.91 Å². The molecule has 2 aromatic carbocycles. The van der Waals surface area contributed by atoms with Crippen LogP contribution in [0.5, 0.6) is 5.75 Å². The number of sulfonamides is 1. The number of carbonyl (C=O) groups excluding carboxylic acids is 1. The number of nitrogens with zero attached hydrogens (tertiary/aromatic N) is 1. The lowest BCUT2D eigenvalue weighted by Crippen LogP contribution is -2.34. The number of halogens is 1. The van der Waals surface area contributed by atoms with E-state index >= 15 is 0 Å². The summed E-state index contributed by atoms with van der Waals surface area (Å²) in [6, 6.07) is 11.3. The average Bonchev–Trinajstić information content (AvgIpc) is 3.11. The quantitative estimate of drug-likeness (QED) is 0.364. The maximum absolute atomic E-state index is 12.9. The summed E-state index contributed by atoms with van der Waals surface area (Å²) < 4.78 is 38.5. The molecule has 34 heavy (non-hydrogen) atoms. The number of carbonyl (C=O) groups is 1. The lowest BCUT2D eigenvalue weighted by Gasteiger charge is -2.20. The van der Waals surface area contributed by atoms with Crippen LogP contribution in [-0.4, -0.2) is 57.2 Å². The molecule has 1 amide bonds. The van der Waals surface area contributed by atoms with Crippen LogP contribution in [0.1, 0.15) is 36.0 Å². The van der Waals surface area contributed by atoms with Crippen LogP contribution in [0.4, 0.5) is 5.69 Å². The summed E-state index contributed by atoms with van der Waals surface area (Å²) in [5.74, 6) is 0.214. The number of ether oxygens (including phenoxy) is 2. The highest BCUT2D eigenvalue weighted by atomic mass is 79.9. The van der Waals surface area contributed by atoms with E-state index in [-0.39, 0.29) is 15.9 Å².